The van der Waals surface area contributed by atoms with E-state index < -0.39 is 11.9 Å². The smallest absolute Gasteiger partial charge is 0.343 e. The molecule has 2 aromatic carbocycles. The van der Waals surface area contributed by atoms with E-state index in [0.29, 0.717) is 35.2 Å². The van der Waals surface area contributed by atoms with Crippen molar-refractivity contribution < 1.29 is 33.4 Å². The molecule has 10 heteroatoms. The van der Waals surface area contributed by atoms with Crippen LogP contribution in [0.2, 0.25) is 0 Å². The second-order valence-electron chi connectivity index (χ2n) is 7.42. The minimum Gasteiger partial charge on any atom is -0.493 e. The van der Waals surface area contributed by atoms with Crippen LogP contribution in [0.25, 0.3) is 6.08 Å². The maximum Gasteiger partial charge on any atom is 0.343 e. The van der Waals surface area contributed by atoms with Gasteiger partial charge >= 0.3 is 5.97 Å². The summed E-state index contributed by atoms with van der Waals surface area (Å²) >= 11 is 0. The number of amidine groups is 2. The molecule has 2 aliphatic rings. The van der Waals surface area contributed by atoms with Crippen molar-refractivity contribution in [2.45, 2.75) is 13.8 Å². The standard InChI is InChI=1S/C25H23N3O7/c1-5-33-21-12-15(11-17-23(26)28-22(27-24(17)29)10-14(2)35-28)6-8-19(21)34-25(30)16-7-9-18(31-3)20(13-16)32-4/h6-13,26H,5H2,1-4H3/b17-11+,26-23?. The first kappa shape index (κ1) is 23.6. The Balaban J connectivity index is 1.60. The van der Waals surface area contributed by atoms with Crippen LogP contribution in [0.3, 0.4) is 0 Å². The number of hydrogen-bond acceptors (Lipinski definition) is 8. The van der Waals surface area contributed by atoms with Gasteiger partial charge in [0.05, 0.1) is 32.0 Å². The number of amides is 1. The van der Waals surface area contributed by atoms with E-state index in [1.165, 1.54) is 31.4 Å². The Bertz CT molecular complexity index is 1310. The molecule has 0 fully saturated rings. The lowest BCUT2D eigenvalue weighted by molar-refractivity contribution is -0.114. The van der Waals surface area contributed by atoms with Crippen molar-refractivity contribution in [1.29, 1.82) is 5.41 Å². The maximum absolute atomic E-state index is 12.8. The molecule has 0 saturated carbocycles. The molecule has 0 unspecified atom stereocenters. The number of hydrogen-bond donors (Lipinski definition) is 1. The van der Waals surface area contributed by atoms with E-state index in [2.05, 4.69) is 4.99 Å². The quantitative estimate of drug-likeness (QED) is 0.364. The van der Waals surface area contributed by atoms with Crippen molar-refractivity contribution in [3.8, 4) is 23.0 Å². The normalized spacial score (nSPS) is 15.8. The Hall–Kier alpha value is -4.60. The van der Waals surface area contributed by atoms with Gasteiger partial charge in [-0.15, -0.1) is 5.06 Å². The first-order valence-electron chi connectivity index (χ1n) is 10.7. The lowest BCUT2D eigenvalue weighted by atomic mass is 10.1. The highest BCUT2D eigenvalue weighted by Gasteiger charge is 2.34. The van der Waals surface area contributed by atoms with Crippen molar-refractivity contribution in [2.24, 2.45) is 4.99 Å². The topological polar surface area (TPSA) is 120 Å². The summed E-state index contributed by atoms with van der Waals surface area (Å²) in [4.78, 5) is 34.7. The summed E-state index contributed by atoms with van der Waals surface area (Å²) in [6.45, 7) is 3.82. The van der Waals surface area contributed by atoms with Crippen LogP contribution in [0.5, 0.6) is 23.0 Å². The Morgan fingerprint density at radius 2 is 1.83 bits per heavy atom. The Kier molecular flexibility index (Phi) is 6.54. The van der Waals surface area contributed by atoms with Gasteiger partial charge in [-0.1, -0.05) is 6.07 Å². The van der Waals surface area contributed by atoms with Gasteiger partial charge in [-0.3, -0.25) is 10.2 Å². The number of carbonyl (C=O) groups excluding carboxylic acids is 2. The van der Waals surface area contributed by atoms with E-state index in [9.17, 15) is 9.59 Å². The van der Waals surface area contributed by atoms with E-state index in [0.717, 1.165) is 0 Å². The molecule has 0 atom stereocenters. The minimum absolute atomic E-state index is 0.0503. The number of aliphatic imine (C=N–C) groups is 1. The molecular weight excluding hydrogens is 454 g/mol. The van der Waals surface area contributed by atoms with E-state index in [1.54, 1.807) is 50.3 Å². The molecule has 0 aliphatic carbocycles. The average Bonchev–Trinajstić information content (AvgIpc) is 3.23. The van der Waals surface area contributed by atoms with Gasteiger partial charge in [-0.2, -0.15) is 4.99 Å². The molecule has 1 amide bonds. The number of esters is 1. The van der Waals surface area contributed by atoms with Crippen LogP contribution in [-0.4, -0.2) is 49.4 Å². The molecule has 1 N–H and O–H groups in total. The Labute approximate surface area is 201 Å². The number of ether oxygens (including phenoxy) is 4. The third-order valence-electron chi connectivity index (χ3n) is 5.08. The monoisotopic (exact) mass is 477 g/mol. The molecule has 0 spiro atoms. The summed E-state index contributed by atoms with van der Waals surface area (Å²) in [5, 5.41) is 9.53. The van der Waals surface area contributed by atoms with Crippen LogP contribution in [0, 0.1) is 5.41 Å². The van der Waals surface area contributed by atoms with E-state index in [4.69, 9.17) is 29.2 Å². The Morgan fingerprint density at radius 3 is 2.54 bits per heavy atom. The zero-order valence-corrected chi connectivity index (χ0v) is 19.6. The van der Waals surface area contributed by atoms with Crippen molar-refractivity contribution in [1.82, 2.24) is 5.06 Å². The highest BCUT2D eigenvalue weighted by atomic mass is 16.7. The van der Waals surface area contributed by atoms with Gasteiger partial charge < -0.3 is 23.8 Å². The summed E-state index contributed by atoms with van der Waals surface area (Å²) in [5.41, 5.74) is 0.866. The molecule has 0 saturated heterocycles. The van der Waals surface area contributed by atoms with Crippen molar-refractivity contribution in [3.05, 3.63) is 64.9 Å². The van der Waals surface area contributed by atoms with Gasteiger partial charge in [-0.25, -0.2) is 4.79 Å². The number of benzene rings is 2. The zero-order chi connectivity index (χ0) is 25.1. The number of allylic oxidation sites excluding steroid dienone is 1. The minimum atomic E-state index is -0.613. The fraction of sp³-hybridized carbons (Fsp3) is 0.200. The highest BCUT2D eigenvalue weighted by Crippen LogP contribution is 2.33. The number of methoxy groups -OCH3 is 2. The van der Waals surface area contributed by atoms with E-state index in [-0.39, 0.29) is 28.6 Å². The largest absolute Gasteiger partial charge is 0.493 e. The predicted molar refractivity (Wildman–Crippen MR) is 127 cm³/mol. The van der Waals surface area contributed by atoms with Crippen LogP contribution in [0.4, 0.5) is 0 Å². The molecule has 0 radical (unpaired) electrons. The molecule has 2 aromatic rings. The molecule has 2 aliphatic heterocycles. The van der Waals surface area contributed by atoms with Gasteiger partial charge in [-0.05, 0) is 55.8 Å². The number of hydroxylamine groups is 2. The molecule has 10 nitrogen and oxygen atoms in total. The molecule has 2 heterocycles. The predicted octanol–water partition coefficient (Wildman–Crippen LogP) is 3.77. The number of fused-ring (bicyclic) bond motifs is 1. The van der Waals surface area contributed by atoms with Crippen LogP contribution >= 0.6 is 0 Å². The first-order valence-corrected chi connectivity index (χ1v) is 10.7. The fourth-order valence-corrected chi connectivity index (χ4v) is 3.46. The van der Waals surface area contributed by atoms with Crippen LogP contribution in [0.15, 0.2) is 58.8 Å². The summed E-state index contributed by atoms with van der Waals surface area (Å²) in [5.74, 6) is 0.869. The van der Waals surface area contributed by atoms with Gasteiger partial charge in [0.25, 0.3) is 5.91 Å². The second kappa shape index (κ2) is 9.72. The summed E-state index contributed by atoms with van der Waals surface area (Å²) in [6, 6.07) is 9.50. The molecule has 0 bridgehead atoms. The van der Waals surface area contributed by atoms with Crippen LogP contribution < -0.4 is 18.9 Å². The first-order chi connectivity index (χ1) is 16.8. The maximum atomic E-state index is 12.8. The van der Waals surface area contributed by atoms with Crippen molar-refractivity contribution in [3.63, 3.8) is 0 Å². The number of nitrogens with zero attached hydrogens (tertiary/aromatic N) is 2. The fourth-order valence-electron chi connectivity index (χ4n) is 3.46. The third-order valence-corrected chi connectivity index (χ3v) is 5.08. The second-order valence-corrected chi connectivity index (χ2v) is 7.42. The highest BCUT2D eigenvalue weighted by molar-refractivity contribution is 6.32. The molecule has 0 aromatic heterocycles. The summed E-state index contributed by atoms with van der Waals surface area (Å²) in [6.07, 6.45) is 3.09. The van der Waals surface area contributed by atoms with Crippen molar-refractivity contribution >= 4 is 29.6 Å². The number of carbonyl (C=O) groups is 2. The summed E-state index contributed by atoms with van der Waals surface area (Å²) < 4.78 is 21.7. The van der Waals surface area contributed by atoms with Gasteiger partial charge in [0.2, 0.25) is 0 Å². The van der Waals surface area contributed by atoms with Crippen LogP contribution in [-0.2, 0) is 9.63 Å². The lowest BCUT2D eigenvalue weighted by Crippen LogP contribution is -2.38. The molecule has 180 valence electrons. The Morgan fingerprint density at radius 1 is 1.09 bits per heavy atom. The average molecular weight is 477 g/mol. The van der Waals surface area contributed by atoms with E-state index >= 15 is 0 Å². The third kappa shape index (κ3) is 4.72. The molecule has 4 rings (SSSR count). The van der Waals surface area contributed by atoms with Crippen molar-refractivity contribution in [2.75, 3.05) is 20.8 Å². The molecule has 35 heavy (non-hydrogen) atoms. The molecular formula is C25H23N3O7. The van der Waals surface area contributed by atoms with E-state index in [1.807, 2.05) is 0 Å². The van der Waals surface area contributed by atoms with Crippen LogP contribution in [0.1, 0.15) is 29.8 Å². The lowest BCUT2D eigenvalue weighted by Gasteiger charge is -2.23. The van der Waals surface area contributed by atoms with Gasteiger partial charge in [0.15, 0.2) is 34.7 Å². The van der Waals surface area contributed by atoms with Gasteiger partial charge in [0, 0.05) is 6.08 Å². The SMILES string of the molecule is CCOc1cc(/C=C2\C(=N)N3OC(C)=CC3=NC2=O)ccc1OC(=O)c1ccc(OC)c(OC)c1. The van der Waals surface area contributed by atoms with Gasteiger partial charge in [0.1, 0.15) is 5.76 Å². The zero-order valence-electron chi connectivity index (χ0n) is 19.6. The number of rotatable bonds is 7. The number of nitrogens with one attached hydrogen (secondary N) is 1. The summed E-state index contributed by atoms with van der Waals surface area (Å²) in [7, 11) is 2.98.